The second-order valence-corrected chi connectivity index (χ2v) is 3.22. The number of nitrogens with one attached hydrogen (secondary N) is 4. The number of halogens is 1. The lowest BCUT2D eigenvalue weighted by Crippen LogP contribution is -2.42. The molecule has 1 atom stereocenters. The first-order valence-electron chi connectivity index (χ1n) is 4.89. The SMILES string of the molecule is O=C1CCCNCNC(F)CCNN1. The van der Waals surface area contributed by atoms with Gasteiger partial charge in [0.1, 0.15) is 0 Å². The highest BCUT2D eigenvalue weighted by Crippen LogP contribution is 1.91. The van der Waals surface area contributed by atoms with E-state index in [4.69, 9.17) is 0 Å². The Hall–Kier alpha value is -0.720. The van der Waals surface area contributed by atoms with Gasteiger partial charge in [-0.25, -0.2) is 9.82 Å². The molecule has 0 radical (unpaired) electrons. The molecule has 1 fully saturated rings. The Labute approximate surface area is 82.8 Å². The Morgan fingerprint density at radius 2 is 2.21 bits per heavy atom. The van der Waals surface area contributed by atoms with Crippen molar-refractivity contribution in [3.8, 4) is 0 Å². The lowest BCUT2D eigenvalue weighted by molar-refractivity contribution is -0.122. The van der Waals surface area contributed by atoms with Crippen LogP contribution < -0.4 is 21.5 Å². The number of hydrogen-bond donors (Lipinski definition) is 4. The first-order chi connectivity index (χ1) is 6.79. The minimum atomic E-state index is -1.04. The van der Waals surface area contributed by atoms with Crippen LogP contribution in [0.25, 0.3) is 0 Å². The summed E-state index contributed by atoms with van der Waals surface area (Å²) in [4.78, 5) is 11.1. The first kappa shape index (κ1) is 11.4. The average Bonchev–Trinajstić information content (AvgIpc) is 2.16. The Bertz CT molecular complexity index is 179. The van der Waals surface area contributed by atoms with E-state index >= 15 is 0 Å². The topological polar surface area (TPSA) is 65.2 Å². The highest BCUT2D eigenvalue weighted by Gasteiger charge is 2.06. The Kier molecular flexibility index (Phi) is 5.43. The number of carbonyl (C=O) groups is 1. The van der Waals surface area contributed by atoms with E-state index in [1.165, 1.54) is 0 Å². The summed E-state index contributed by atoms with van der Waals surface area (Å²) in [7, 11) is 0. The van der Waals surface area contributed by atoms with Gasteiger partial charge in [-0.1, -0.05) is 0 Å². The highest BCUT2D eigenvalue weighted by atomic mass is 19.1. The summed E-state index contributed by atoms with van der Waals surface area (Å²) in [5.74, 6) is -0.0456. The van der Waals surface area contributed by atoms with E-state index in [-0.39, 0.29) is 5.91 Å². The van der Waals surface area contributed by atoms with Crippen LogP contribution in [0, 0.1) is 0 Å². The number of carbonyl (C=O) groups excluding carboxylic acids is 1. The molecule has 6 heteroatoms. The van der Waals surface area contributed by atoms with E-state index in [2.05, 4.69) is 21.5 Å². The van der Waals surface area contributed by atoms with Crippen LogP contribution in [0.3, 0.4) is 0 Å². The van der Waals surface area contributed by atoms with Crippen molar-refractivity contribution in [2.45, 2.75) is 25.6 Å². The number of hydrazine groups is 1. The van der Waals surface area contributed by atoms with Crippen LogP contribution in [0.15, 0.2) is 0 Å². The van der Waals surface area contributed by atoms with Gasteiger partial charge < -0.3 is 5.32 Å². The molecule has 4 N–H and O–H groups in total. The van der Waals surface area contributed by atoms with Crippen LogP contribution in [0.4, 0.5) is 4.39 Å². The third-order valence-corrected chi connectivity index (χ3v) is 1.96. The standard InChI is InChI=1S/C8H17FN4O/c9-7-3-5-12-13-8(14)2-1-4-10-6-11-7/h7,10-12H,1-6H2,(H,13,14). The molecule has 1 amide bonds. The molecule has 0 aromatic heterocycles. The molecule has 1 aliphatic rings. The van der Waals surface area contributed by atoms with Gasteiger partial charge in [0.2, 0.25) is 5.91 Å². The lowest BCUT2D eigenvalue weighted by atomic mass is 10.3. The number of rotatable bonds is 0. The highest BCUT2D eigenvalue weighted by molar-refractivity contribution is 5.75. The molecule has 0 aromatic carbocycles. The van der Waals surface area contributed by atoms with Gasteiger partial charge in [0.25, 0.3) is 0 Å². The van der Waals surface area contributed by atoms with Crippen molar-refractivity contribution in [1.29, 1.82) is 0 Å². The van der Waals surface area contributed by atoms with E-state index in [1.54, 1.807) is 0 Å². The maximum Gasteiger partial charge on any atom is 0.234 e. The molecule has 0 aromatic rings. The third-order valence-electron chi connectivity index (χ3n) is 1.96. The van der Waals surface area contributed by atoms with E-state index < -0.39 is 6.30 Å². The third kappa shape index (κ3) is 5.11. The predicted octanol–water partition coefficient (Wildman–Crippen LogP) is -0.777. The van der Waals surface area contributed by atoms with Crippen LogP contribution in [-0.2, 0) is 4.79 Å². The quantitative estimate of drug-likeness (QED) is 0.391. The maximum atomic E-state index is 13.0. The van der Waals surface area contributed by atoms with Crippen LogP contribution in [0.2, 0.25) is 0 Å². The molecule has 0 aliphatic carbocycles. The van der Waals surface area contributed by atoms with E-state index in [9.17, 15) is 9.18 Å². The van der Waals surface area contributed by atoms with Crippen molar-refractivity contribution in [2.24, 2.45) is 0 Å². The molecule has 1 aliphatic heterocycles. The van der Waals surface area contributed by atoms with Gasteiger partial charge >= 0.3 is 0 Å². The largest absolute Gasteiger partial charge is 0.304 e. The van der Waals surface area contributed by atoms with Gasteiger partial charge in [0.05, 0.1) is 0 Å². The summed E-state index contributed by atoms with van der Waals surface area (Å²) < 4.78 is 13.0. The smallest absolute Gasteiger partial charge is 0.234 e. The molecular weight excluding hydrogens is 187 g/mol. The Balaban J connectivity index is 2.23. The number of amides is 1. The van der Waals surface area contributed by atoms with Gasteiger partial charge in [0.15, 0.2) is 6.30 Å². The number of alkyl halides is 1. The fourth-order valence-corrected chi connectivity index (χ4v) is 1.17. The zero-order chi connectivity index (χ0) is 10.2. The maximum absolute atomic E-state index is 13.0. The molecule has 14 heavy (non-hydrogen) atoms. The summed E-state index contributed by atoms with van der Waals surface area (Å²) in [5.41, 5.74) is 5.19. The summed E-state index contributed by atoms with van der Waals surface area (Å²) in [5, 5.41) is 5.68. The van der Waals surface area contributed by atoms with Gasteiger partial charge in [-0.2, -0.15) is 0 Å². The molecule has 1 rings (SSSR count). The van der Waals surface area contributed by atoms with Crippen molar-refractivity contribution < 1.29 is 9.18 Å². The van der Waals surface area contributed by atoms with Gasteiger partial charge in [-0.3, -0.25) is 15.5 Å². The summed E-state index contributed by atoms with van der Waals surface area (Å²) in [6, 6.07) is 0. The molecule has 0 saturated carbocycles. The number of hydrogen-bond acceptors (Lipinski definition) is 4. The van der Waals surface area contributed by atoms with E-state index in [1.807, 2.05) is 0 Å². The van der Waals surface area contributed by atoms with Crippen molar-refractivity contribution in [3.05, 3.63) is 0 Å². The zero-order valence-corrected chi connectivity index (χ0v) is 8.11. The normalized spacial score (nSPS) is 27.2. The fraction of sp³-hybridized carbons (Fsp3) is 0.875. The molecule has 1 unspecified atom stereocenters. The summed E-state index contributed by atoms with van der Waals surface area (Å²) in [6.07, 6.45) is 0.541. The molecular formula is C8H17FN4O. The minimum Gasteiger partial charge on any atom is -0.304 e. The second kappa shape index (κ2) is 6.69. The summed E-state index contributed by atoms with van der Waals surface area (Å²) in [6.45, 7) is 1.59. The van der Waals surface area contributed by atoms with Crippen LogP contribution in [0.1, 0.15) is 19.3 Å². The monoisotopic (exact) mass is 204 g/mol. The van der Waals surface area contributed by atoms with Crippen LogP contribution in [0.5, 0.6) is 0 Å². The average molecular weight is 204 g/mol. The molecule has 1 saturated heterocycles. The van der Waals surface area contributed by atoms with Crippen molar-refractivity contribution in [2.75, 3.05) is 19.8 Å². The zero-order valence-electron chi connectivity index (χ0n) is 8.11. The van der Waals surface area contributed by atoms with Crippen molar-refractivity contribution in [3.63, 3.8) is 0 Å². The first-order valence-corrected chi connectivity index (χ1v) is 4.89. The van der Waals surface area contributed by atoms with E-state index in [0.29, 0.717) is 32.6 Å². The van der Waals surface area contributed by atoms with E-state index in [0.717, 1.165) is 6.42 Å². The lowest BCUT2D eigenvalue weighted by Gasteiger charge is -2.14. The molecule has 5 nitrogen and oxygen atoms in total. The minimum absolute atomic E-state index is 0.0456. The second-order valence-electron chi connectivity index (χ2n) is 3.22. The molecule has 0 spiro atoms. The van der Waals surface area contributed by atoms with Crippen LogP contribution in [-0.4, -0.2) is 32.0 Å². The molecule has 82 valence electrons. The molecule has 0 bridgehead atoms. The van der Waals surface area contributed by atoms with Crippen molar-refractivity contribution in [1.82, 2.24) is 21.5 Å². The molecule has 1 heterocycles. The van der Waals surface area contributed by atoms with Crippen LogP contribution >= 0.6 is 0 Å². The fourth-order valence-electron chi connectivity index (χ4n) is 1.17. The van der Waals surface area contributed by atoms with Gasteiger partial charge in [-0.15, -0.1) is 0 Å². The summed E-state index contributed by atoms with van der Waals surface area (Å²) >= 11 is 0. The van der Waals surface area contributed by atoms with Crippen molar-refractivity contribution >= 4 is 5.91 Å². The Morgan fingerprint density at radius 3 is 3.07 bits per heavy atom. The predicted molar refractivity (Wildman–Crippen MR) is 50.9 cm³/mol. The van der Waals surface area contributed by atoms with Gasteiger partial charge in [0, 0.05) is 26.1 Å². The Morgan fingerprint density at radius 1 is 1.36 bits per heavy atom. The van der Waals surface area contributed by atoms with Gasteiger partial charge in [-0.05, 0) is 13.0 Å².